The summed E-state index contributed by atoms with van der Waals surface area (Å²) >= 11 is 6.59. The Morgan fingerprint density at radius 1 is 1.38 bits per heavy atom. The van der Waals surface area contributed by atoms with Crippen molar-refractivity contribution in [3.05, 3.63) is 16.9 Å². The molecule has 1 aliphatic heterocycles. The Labute approximate surface area is 144 Å². The molecule has 7 nitrogen and oxygen atoms in total. The molecule has 2 aliphatic rings. The van der Waals surface area contributed by atoms with Crippen LogP contribution in [0.5, 0.6) is 0 Å². The number of halogens is 1. The fourth-order valence-electron chi connectivity index (χ4n) is 3.22. The van der Waals surface area contributed by atoms with Crippen LogP contribution in [-0.2, 0) is 11.2 Å². The molecule has 0 atom stereocenters. The molecule has 0 radical (unpaired) electrons. The van der Waals surface area contributed by atoms with Gasteiger partial charge in [-0.15, -0.1) is 0 Å². The van der Waals surface area contributed by atoms with Crippen molar-refractivity contribution in [1.82, 2.24) is 20.1 Å². The molecule has 0 unspecified atom stereocenters. The summed E-state index contributed by atoms with van der Waals surface area (Å²) in [5.74, 6) is 0.266. The lowest BCUT2D eigenvalue weighted by Crippen LogP contribution is -2.49. The van der Waals surface area contributed by atoms with Crippen LogP contribution in [0.3, 0.4) is 0 Å². The van der Waals surface area contributed by atoms with E-state index in [-0.39, 0.29) is 12.3 Å². The number of pyridine rings is 1. The van der Waals surface area contributed by atoms with Crippen molar-refractivity contribution in [3.63, 3.8) is 0 Å². The molecule has 2 fully saturated rings. The summed E-state index contributed by atoms with van der Waals surface area (Å²) in [4.78, 5) is 29.5. The summed E-state index contributed by atoms with van der Waals surface area (Å²) in [6.07, 6.45) is 6.02. The smallest absolute Gasteiger partial charge is 0.278 e. The van der Waals surface area contributed by atoms with Crippen LogP contribution in [0.25, 0.3) is 10.9 Å². The summed E-state index contributed by atoms with van der Waals surface area (Å²) in [5.41, 5.74) is 1.67. The van der Waals surface area contributed by atoms with Gasteiger partial charge in [0.25, 0.3) is 0 Å². The third-order valence-electron chi connectivity index (χ3n) is 4.80. The van der Waals surface area contributed by atoms with Crippen LogP contribution < -0.4 is 10.2 Å². The quantitative estimate of drug-likeness (QED) is 0.925. The van der Waals surface area contributed by atoms with E-state index in [4.69, 9.17) is 16.7 Å². The van der Waals surface area contributed by atoms with Crippen LogP contribution in [0.1, 0.15) is 44.3 Å². The van der Waals surface area contributed by atoms with Crippen molar-refractivity contribution in [2.45, 2.75) is 45.1 Å². The van der Waals surface area contributed by atoms with Crippen molar-refractivity contribution < 1.29 is 9.59 Å². The maximum absolute atomic E-state index is 12.2. The van der Waals surface area contributed by atoms with Gasteiger partial charge in [-0.05, 0) is 25.7 Å². The van der Waals surface area contributed by atoms with Gasteiger partial charge >= 0.3 is 6.03 Å². The van der Waals surface area contributed by atoms with Gasteiger partial charge in [0.05, 0.1) is 27.7 Å². The van der Waals surface area contributed by atoms with E-state index in [9.17, 15) is 9.59 Å². The number of carbonyl (C=O) groups is 2. The molecule has 0 spiro atoms. The Hall–Kier alpha value is -2.15. The Kier molecular flexibility index (Phi) is 3.68. The minimum absolute atomic E-state index is 0.261. The van der Waals surface area contributed by atoms with Gasteiger partial charge in [0.2, 0.25) is 5.91 Å². The molecule has 8 heteroatoms. The number of carbonyl (C=O) groups excluding carboxylic acids is 2. The molecular formula is C16H18ClN5O2. The number of hydrogen-bond donors (Lipinski definition) is 1. The van der Waals surface area contributed by atoms with Gasteiger partial charge < -0.3 is 0 Å². The summed E-state index contributed by atoms with van der Waals surface area (Å²) in [6, 6.07) is -0.137. The van der Waals surface area contributed by atoms with E-state index in [2.05, 4.69) is 10.3 Å². The Balaban J connectivity index is 1.88. The fourth-order valence-corrected chi connectivity index (χ4v) is 3.59. The molecule has 1 saturated heterocycles. The van der Waals surface area contributed by atoms with Gasteiger partial charge in [-0.2, -0.15) is 5.10 Å². The second-order valence-electron chi connectivity index (χ2n) is 6.24. The second kappa shape index (κ2) is 5.73. The van der Waals surface area contributed by atoms with Gasteiger partial charge in [0.15, 0.2) is 5.82 Å². The maximum atomic E-state index is 12.2. The minimum atomic E-state index is -0.443. The zero-order valence-corrected chi connectivity index (χ0v) is 14.1. The number of amides is 3. The molecule has 0 bridgehead atoms. The summed E-state index contributed by atoms with van der Waals surface area (Å²) in [6.45, 7) is 2.32. The number of imide groups is 1. The van der Waals surface area contributed by atoms with Crippen molar-refractivity contribution >= 4 is 40.3 Å². The number of anilines is 1. The predicted octanol–water partition coefficient (Wildman–Crippen LogP) is 2.82. The van der Waals surface area contributed by atoms with E-state index in [0.29, 0.717) is 23.4 Å². The number of hydrogen-bond acceptors (Lipinski definition) is 4. The number of fused-ring (bicyclic) bond motifs is 1. The number of aryl methyl sites for hydroxylation is 1. The monoisotopic (exact) mass is 347 g/mol. The molecule has 2 aromatic heterocycles. The van der Waals surface area contributed by atoms with Crippen molar-refractivity contribution in [2.75, 3.05) is 11.4 Å². The largest absolute Gasteiger partial charge is 0.329 e. The van der Waals surface area contributed by atoms with Crippen LogP contribution in [-0.4, -0.2) is 33.2 Å². The molecule has 1 saturated carbocycles. The van der Waals surface area contributed by atoms with E-state index in [1.807, 2.05) is 11.6 Å². The van der Waals surface area contributed by atoms with Crippen LogP contribution in [0, 0.1) is 0 Å². The van der Waals surface area contributed by atoms with Gasteiger partial charge in [0, 0.05) is 19.2 Å². The average molecular weight is 348 g/mol. The lowest BCUT2D eigenvalue weighted by molar-refractivity contribution is -0.120. The van der Waals surface area contributed by atoms with Crippen LogP contribution in [0.15, 0.2) is 6.20 Å². The molecule has 3 heterocycles. The van der Waals surface area contributed by atoms with Crippen molar-refractivity contribution in [2.24, 2.45) is 0 Å². The number of aromatic nitrogens is 3. The standard InChI is InChI=1S/C16H18ClN5O2/c1-2-11-13(17)14-10(8-18-11)15(20-22(14)9-4-3-5-9)21-7-6-12(23)19-16(21)24/h8-9H,2-7H2,1H3,(H,19,23,24). The van der Waals surface area contributed by atoms with Gasteiger partial charge in [-0.3, -0.25) is 24.7 Å². The number of urea groups is 1. The van der Waals surface area contributed by atoms with Crippen LogP contribution in [0.2, 0.25) is 5.02 Å². The third kappa shape index (κ3) is 2.26. The molecule has 3 amide bonds. The molecule has 1 aliphatic carbocycles. The summed E-state index contributed by atoms with van der Waals surface area (Å²) in [5, 5.41) is 8.40. The first-order chi connectivity index (χ1) is 11.6. The average Bonchev–Trinajstić information content (AvgIpc) is 2.86. The molecule has 4 rings (SSSR count). The van der Waals surface area contributed by atoms with Crippen LogP contribution in [0.4, 0.5) is 10.6 Å². The second-order valence-corrected chi connectivity index (χ2v) is 6.62. The van der Waals surface area contributed by atoms with E-state index in [1.54, 1.807) is 6.20 Å². The lowest BCUT2D eigenvalue weighted by atomic mass is 9.93. The first-order valence-electron chi connectivity index (χ1n) is 8.27. The molecule has 0 aromatic carbocycles. The third-order valence-corrected chi connectivity index (χ3v) is 5.20. The van der Waals surface area contributed by atoms with E-state index in [0.717, 1.165) is 35.9 Å². The lowest BCUT2D eigenvalue weighted by Gasteiger charge is -2.27. The molecule has 1 N–H and O–H groups in total. The number of nitrogens with zero attached hydrogens (tertiary/aromatic N) is 4. The normalized spacial score (nSPS) is 18.8. The minimum Gasteiger partial charge on any atom is -0.278 e. The highest BCUT2D eigenvalue weighted by Gasteiger charge is 2.32. The fraction of sp³-hybridized carbons (Fsp3) is 0.500. The topological polar surface area (TPSA) is 80.1 Å². The maximum Gasteiger partial charge on any atom is 0.329 e. The van der Waals surface area contributed by atoms with Crippen molar-refractivity contribution in [3.8, 4) is 0 Å². The molecule has 126 valence electrons. The van der Waals surface area contributed by atoms with Crippen molar-refractivity contribution in [1.29, 1.82) is 0 Å². The number of rotatable bonds is 3. The van der Waals surface area contributed by atoms with Gasteiger partial charge in [-0.25, -0.2) is 4.79 Å². The Bertz CT molecular complexity index is 843. The molecular weight excluding hydrogens is 330 g/mol. The SMILES string of the molecule is CCc1ncc2c(N3CCC(=O)NC3=O)nn(C3CCC3)c2c1Cl. The first kappa shape index (κ1) is 15.4. The highest BCUT2D eigenvalue weighted by molar-refractivity contribution is 6.36. The zero-order chi connectivity index (χ0) is 16.8. The van der Waals surface area contributed by atoms with E-state index < -0.39 is 6.03 Å². The Morgan fingerprint density at radius 2 is 2.17 bits per heavy atom. The summed E-state index contributed by atoms with van der Waals surface area (Å²) in [7, 11) is 0. The van der Waals surface area contributed by atoms with Gasteiger partial charge in [-0.1, -0.05) is 18.5 Å². The highest BCUT2D eigenvalue weighted by Crippen LogP contribution is 2.40. The summed E-state index contributed by atoms with van der Waals surface area (Å²) < 4.78 is 1.95. The van der Waals surface area contributed by atoms with E-state index in [1.165, 1.54) is 11.3 Å². The first-order valence-corrected chi connectivity index (χ1v) is 8.65. The zero-order valence-electron chi connectivity index (χ0n) is 13.4. The molecule has 2 aromatic rings. The van der Waals surface area contributed by atoms with Crippen LogP contribution >= 0.6 is 11.6 Å². The highest BCUT2D eigenvalue weighted by atomic mass is 35.5. The van der Waals surface area contributed by atoms with Gasteiger partial charge in [0.1, 0.15) is 0 Å². The van der Waals surface area contributed by atoms with E-state index >= 15 is 0 Å². The number of nitrogens with one attached hydrogen (secondary N) is 1. The Morgan fingerprint density at radius 3 is 2.79 bits per heavy atom. The predicted molar refractivity (Wildman–Crippen MR) is 90.3 cm³/mol. The molecule has 24 heavy (non-hydrogen) atoms.